The molecular weight excluding hydrogens is 274 g/mol. The number of hydrogen-bond acceptors (Lipinski definition) is 3. The molecule has 0 amide bonds. The third kappa shape index (κ3) is 2.68. The van der Waals surface area contributed by atoms with E-state index in [0.717, 1.165) is 11.1 Å². The zero-order chi connectivity index (χ0) is 15.6. The fourth-order valence-corrected chi connectivity index (χ4v) is 2.84. The van der Waals surface area contributed by atoms with E-state index in [4.69, 9.17) is 9.47 Å². The van der Waals surface area contributed by atoms with Crippen LogP contribution in [0.2, 0.25) is 0 Å². The average Bonchev–Trinajstić information content (AvgIpc) is 3.02. The Bertz CT molecular complexity index is 558. The normalized spacial score (nSPS) is 21.9. The van der Waals surface area contributed by atoms with E-state index in [1.165, 1.54) is 0 Å². The molecule has 0 saturated carbocycles. The minimum Gasteiger partial charge on any atom is -0.339 e. The Kier molecular flexibility index (Phi) is 4.30. The van der Waals surface area contributed by atoms with Gasteiger partial charge >= 0.3 is 0 Å². The summed E-state index contributed by atoms with van der Waals surface area (Å²) in [4.78, 5) is 2.17. The van der Waals surface area contributed by atoms with Crippen molar-refractivity contribution in [2.75, 3.05) is 20.7 Å². The van der Waals surface area contributed by atoms with E-state index in [1.54, 1.807) is 0 Å². The van der Waals surface area contributed by atoms with Gasteiger partial charge in [0.1, 0.15) is 6.10 Å². The molecular formula is C19H23NO2. The topological polar surface area (TPSA) is 21.7 Å². The summed E-state index contributed by atoms with van der Waals surface area (Å²) < 4.78 is 12.7. The van der Waals surface area contributed by atoms with Crippen molar-refractivity contribution in [3.8, 4) is 0 Å². The molecule has 3 nitrogen and oxygen atoms in total. The Morgan fingerprint density at radius 3 is 1.91 bits per heavy atom. The lowest BCUT2D eigenvalue weighted by molar-refractivity contribution is -0.148. The summed E-state index contributed by atoms with van der Waals surface area (Å²) in [6.07, 6.45) is 0.0374. The van der Waals surface area contributed by atoms with Gasteiger partial charge in [0.05, 0.1) is 6.61 Å². The molecule has 3 rings (SSSR count). The van der Waals surface area contributed by atoms with Crippen molar-refractivity contribution in [2.24, 2.45) is 0 Å². The molecule has 2 atom stereocenters. The van der Waals surface area contributed by atoms with Gasteiger partial charge in [0, 0.05) is 17.2 Å². The van der Waals surface area contributed by atoms with Crippen LogP contribution in [0.1, 0.15) is 18.1 Å². The lowest BCUT2D eigenvalue weighted by atomic mass is 9.97. The second-order valence-corrected chi connectivity index (χ2v) is 6.02. The molecule has 2 aromatic rings. The van der Waals surface area contributed by atoms with Gasteiger partial charge in [-0.2, -0.15) is 0 Å². The highest BCUT2D eigenvalue weighted by Gasteiger charge is 2.46. The third-order valence-corrected chi connectivity index (χ3v) is 4.43. The molecule has 0 spiro atoms. The third-order valence-electron chi connectivity index (χ3n) is 4.43. The summed E-state index contributed by atoms with van der Waals surface area (Å²) in [5, 5.41) is 0. The van der Waals surface area contributed by atoms with E-state index in [0.29, 0.717) is 6.61 Å². The molecule has 1 heterocycles. The maximum absolute atomic E-state index is 6.48. The van der Waals surface area contributed by atoms with E-state index in [1.807, 2.05) is 36.4 Å². The smallest absolute Gasteiger partial charge is 0.222 e. The van der Waals surface area contributed by atoms with Crippen molar-refractivity contribution in [1.82, 2.24) is 4.90 Å². The molecule has 0 radical (unpaired) electrons. The summed E-state index contributed by atoms with van der Waals surface area (Å²) in [7, 11) is 4.14. The highest BCUT2D eigenvalue weighted by atomic mass is 16.7. The summed E-state index contributed by atoms with van der Waals surface area (Å²) >= 11 is 0. The molecule has 0 N–H and O–H groups in total. The summed E-state index contributed by atoms with van der Waals surface area (Å²) in [6.45, 7) is 2.75. The monoisotopic (exact) mass is 297 g/mol. The first-order chi connectivity index (χ1) is 10.6. The van der Waals surface area contributed by atoms with Gasteiger partial charge < -0.3 is 14.4 Å². The van der Waals surface area contributed by atoms with Crippen molar-refractivity contribution in [3.05, 3.63) is 71.8 Å². The van der Waals surface area contributed by atoms with Gasteiger partial charge in [-0.15, -0.1) is 0 Å². The summed E-state index contributed by atoms with van der Waals surface area (Å²) in [5.74, 6) is -0.808. The molecule has 3 heteroatoms. The van der Waals surface area contributed by atoms with Gasteiger partial charge in [-0.1, -0.05) is 60.7 Å². The Labute approximate surface area is 132 Å². The average molecular weight is 297 g/mol. The number of benzene rings is 2. The SMILES string of the molecule is C[C@@H]([C@@H]1COC(c2ccccc2)(c2ccccc2)O1)N(C)C. The van der Waals surface area contributed by atoms with Crippen LogP contribution in [0, 0.1) is 0 Å². The van der Waals surface area contributed by atoms with E-state index >= 15 is 0 Å². The van der Waals surface area contributed by atoms with E-state index < -0.39 is 5.79 Å². The predicted octanol–water partition coefficient (Wildman–Crippen LogP) is 3.25. The van der Waals surface area contributed by atoms with E-state index in [2.05, 4.69) is 50.2 Å². The largest absolute Gasteiger partial charge is 0.339 e. The molecule has 0 bridgehead atoms. The molecule has 2 aromatic carbocycles. The van der Waals surface area contributed by atoms with Gasteiger partial charge in [0.2, 0.25) is 5.79 Å². The van der Waals surface area contributed by atoms with Crippen LogP contribution in [0.15, 0.2) is 60.7 Å². The predicted molar refractivity (Wildman–Crippen MR) is 87.6 cm³/mol. The zero-order valence-electron chi connectivity index (χ0n) is 13.4. The molecule has 116 valence electrons. The molecule has 0 aromatic heterocycles. The molecule has 1 aliphatic heterocycles. The lowest BCUT2D eigenvalue weighted by Gasteiger charge is -2.31. The minimum atomic E-state index is -0.808. The minimum absolute atomic E-state index is 0.0374. The first kappa shape index (κ1) is 15.2. The van der Waals surface area contributed by atoms with Gasteiger partial charge in [0.25, 0.3) is 0 Å². The highest BCUT2D eigenvalue weighted by Crippen LogP contribution is 2.41. The standard InChI is InChI=1S/C19H23NO2/c1-15(20(2)3)18-14-21-19(22-18,16-10-6-4-7-11-16)17-12-8-5-9-13-17/h4-13,15,18H,14H2,1-3H3/t15-,18-/m0/s1. The van der Waals surface area contributed by atoms with Crippen LogP contribution in [-0.2, 0) is 15.3 Å². The number of nitrogens with zero attached hydrogens (tertiary/aromatic N) is 1. The van der Waals surface area contributed by atoms with Crippen molar-refractivity contribution >= 4 is 0 Å². The lowest BCUT2D eigenvalue weighted by Crippen LogP contribution is -2.39. The van der Waals surface area contributed by atoms with Crippen molar-refractivity contribution in [3.63, 3.8) is 0 Å². The van der Waals surface area contributed by atoms with Crippen LogP contribution in [0.4, 0.5) is 0 Å². The van der Waals surface area contributed by atoms with Gasteiger partial charge in [-0.25, -0.2) is 0 Å². The first-order valence-corrected chi connectivity index (χ1v) is 7.73. The Balaban J connectivity index is 2.00. The van der Waals surface area contributed by atoms with Crippen molar-refractivity contribution in [2.45, 2.75) is 24.9 Å². The fourth-order valence-electron chi connectivity index (χ4n) is 2.84. The number of ether oxygens (including phenoxy) is 2. The van der Waals surface area contributed by atoms with Crippen LogP contribution in [0.5, 0.6) is 0 Å². The summed E-state index contributed by atoms with van der Waals surface area (Å²) in [6, 6.07) is 20.7. The zero-order valence-corrected chi connectivity index (χ0v) is 13.4. The Morgan fingerprint density at radius 1 is 0.955 bits per heavy atom. The van der Waals surface area contributed by atoms with Crippen molar-refractivity contribution in [1.29, 1.82) is 0 Å². The molecule has 1 fully saturated rings. The molecule has 1 saturated heterocycles. The number of hydrogen-bond donors (Lipinski definition) is 0. The molecule has 0 unspecified atom stereocenters. The van der Waals surface area contributed by atoms with Gasteiger partial charge in [-0.05, 0) is 21.0 Å². The van der Waals surface area contributed by atoms with Gasteiger partial charge in [-0.3, -0.25) is 0 Å². The van der Waals surface area contributed by atoms with Crippen LogP contribution in [-0.4, -0.2) is 37.7 Å². The van der Waals surface area contributed by atoms with Crippen LogP contribution >= 0.6 is 0 Å². The Morgan fingerprint density at radius 2 is 1.45 bits per heavy atom. The Hall–Kier alpha value is -1.68. The van der Waals surface area contributed by atoms with Gasteiger partial charge in [0.15, 0.2) is 0 Å². The van der Waals surface area contributed by atoms with Crippen LogP contribution in [0.25, 0.3) is 0 Å². The second-order valence-electron chi connectivity index (χ2n) is 6.02. The van der Waals surface area contributed by atoms with E-state index in [9.17, 15) is 0 Å². The maximum atomic E-state index is 6.48. The molecule has 22 heavy (non-hydrogen) atoms. The van der Waals surface area contributed by atoms with Crippen molar-refractivity contribution < 1.29 is 9.47 Å². The quantitative estimate of drug-likeness (QED) is 0.864. The molecule has 1 aliphatic rings. The van der Waals surface area contributed by atoms with Crippen LogP contribution in [0.3, 0.4) is 0 Å². The summed E-state index contributed by atoms with van der Waals surface area (Å²) in [5.41, 5.74) is 2.07. The highest BCUT2D eigenvalue weighted by molar-refractivity contribution is 5.34. The maximum Gasteiger partial charge on any atom is 0.222 e. The second kappa shape index (κ2) is 6.21. The first-order valence-electron chi connectivity index (χ1n) is 7.73. The van der Waals surface area contributed by atoms with E-state index in [-0.39, 0.29) is 12.1 Å². The number of likely N-dealkylation sites (N-methyl/N-ethyl adjacent to an activating group) is 1. The van der Waals surface area contributed by atoms with Crippen LogP contribution < -0.4 is 0 Å². The molecule has 0 aliphatic carbocycles. The fraction of sp³-hybridized carbons (Fsp3) is 0.368. The number of rotatable bonds is 4.